The smallest absolute Gasteiger partial charge is 0.318 e. The third-order valence-electron chi connectivity index (χ3n) is 6.02. The number of azide groups is 1. The zero-order valence-corrected chi connectivity index (χ0v) is 20.6. The number of cyclic esters (lactones) is 1. The lowest BCUT2D eigenvalue weighted by atomic mass is 9.83. The number of ether oxygens (including phenoxy) is 4. The molecule has 8 nitrogen and oxygen atoms in total. The molecular weight excluding hydrogens is 422 g/mol. The van der Waals surface area contributed by atoms with E-state index >= 15 is 0 Å². The molecule has 2 rings (SSSR count). The largest absolute Gasteiger partial charge is 0.493 e. The number of benzene rings is 1. The summed E-state index contributed by atoms with van der Waals surface area (Å²) in [6, 6.07) is 5.44. The van der Waals surface area contributed by atoms with Crippen LogP contribution in [0.3, 0.4) is 0 Å². The van der Waals surface area contributed by atoms with Gasteiger partial charge in [0, 0.05) is 25.0 Å². The van der Waals surface area contributed by atoms with E-state index in [4.69, 9.17) is 24.5 Å². The molecule has 0 bridgehead atoms. The number of carbonyl (C=O) groups excluding carboxylic acids is 1. The predicted octanol–water partition coefficient (Wildman–Crippen LogP) is 5.71. The Morgan fingerprint density at radius 2 is 1.91 bits per heavy atom. The Hall–Kier alpha value is -2.70. The summed E-state index contributed by atoms with van der Waals surface area (Å²) in [6.45, 7) is 9.42. The molecule has 0 unspecified atom stereocenters. The van der Waals surface area contributed by atoms with Crippen molar-refractivity contribution in [3.05, 3.63) is 46.0 Å². The average molecular weight is 460 g/mol. The standard InChI is InChI=1S/C25H37N3O5/c1-16(2)19(14-21(27-28-26)23-15-20(17(3)4)25(29)33-23)12-18-8-9-22(31-6)24(13-18)32-11-7-10-30-5/h8-9,13,15-17,19-21H,7,10-12,14H2,1-6H3/t19-,20+,21-/m0/s1. The van der Waals surface area contributed by atoms with Crippen LogP contribution in [0.5, 0.6) is 11.5 Å². The minimum absolute atomic E-state index is 0.129. The van der Waals surface area contributed by atoms with E-state index in [1.807, 2.05) is 38.1 Å². The van der Waals surface area contributed by atoms with Gasteiger partial charge in [0.1, 0.15) is 5.76 Å². The molecule has 33 heavy (non-hydrogen) atoms. The summed E-state index contributed by atoms with van der Waals surface area (Å²) in [5.74, 6) is 1.95. The molecule has 1 aromatic rings. The Labute approximate surface area is 196 Å². The molecule has 1 aliphatic heterocycles. The first-order valence-corrected chi connectivity index (χ1v) is 11.6. The van der Waals surface area contributed by atoms with Crippen molar-refractivity contribution in [2.45, 2.75) is 53.0 Å². The lowest BCUT2D eigenvalue weighted by Crippen LogP contribution is -2.21. The van der Waals surface area contributed by atoms with E-state index in [0.717, 1.165) is 18.4 Å². The van der Waals surface area contributed by atoms with Gasteiger partial charge in [-0.2, -0.15) is 0 Å². The normalized spacial score (nSPS) is 17.4. The van der Waals surface area contributed by atoms with Crippen molar-refractivity contribution in [1.82, 2.24) is 0 Å². The number of esters is 1. The zero-order chi connectivity index (χ0) is 24.4. The Bertz CT molecular complexity index is 862. The molecule has 0 saturated heterocycles. The van der Waals surface area contributed by atoms with Crippen molar-refractivity contribution < 1.29 is 23.7 Å². The summed E-state index contributed by atoms with van der Waals surface area (Å²) in [4.78, 5) is 15.3. The van der Waals surface area contributed by atoms with E-state index < -0.39 is 6.04 Å². The van der Waals surface area contributed by atoms with Crippen LogP contribution in [-0.2, 0) is 20.7 Å². The molecule has 1 aliphatic rings. The Morgan fingerprint density at radius 3 is 2.48 bits per heavy atom. The summed E-state index contributed by atoms with van der Waals surface area (Å²) < 4.78 is 22.0. The van der Waals surface area contributed by atoms with Crippen molar-refractivity contribution in [3.8, 4) is 11.5 Å². The summed E-state index contributed by atoms with van der Waals surface area (Å²) in [7, 11) is 3.29. The highest BCUT2D eigenvalue weighted by atomic mass is 16.5. The molecule has 0 aromatic heterocycles. The van der Waals surface area contributed by atoms with Crippen LogP contribution < -0.4 is 9.47 Å². The maximum Gasteiger partial charge on any atom is 0.318 e. The monoisotopic (exact) mass is 459 g/mol. The van der Waals surface area contributed by atoms with Gasteiger partial charge in [0.05, 0.1) is 25.7 Å². The molecule has 0 aliphatic carbocycles. The number of carbonyl (C=O) groups is 1. The third kappa shape index (κ3) is 7.69. The van der Waals surface area contributed by atoms with Crippen LogP contribution in [0, 0.1) is 23.7 Å². The van der Waals surface area contributed by atoms with Gasteiger partial charge in [0.15, 0.2) is 11.5 Å². The summed E-state index contributed by atoms with van der Waals surface area (Å²) in [5, 5.41) is 3.98. The first kappa shape index (κ1) is 26.6. The molecule has 0 radical (unpaired) electrons. The molecule has 8 heteroatoms. The fraction of sp³-hybridized carbons (Fsp3) is 0.640. The SMILES string of the molecule is COCCCOc1cc(C[C@@H](C[C@H](N=[N+]=[N-])C2=C[C@H](C(C)C)C(=O)O2)C(C)C)ccc1OC. The highest BCUT2D eigenvalue weighted by Gasteiger charge is 2.34. The van der Waals surface area contributed by atoms with Crippen LogP contribution in [-0.4, -0.2) is 39.4 Å². The molecule has 3 atom stereocenters. The zero-order valence-electron chi connectivity index (χ0n) is 20.6. The lowest BCUT2D eigenvalue weighted by molar-refractivity contribution is -0.141. The van der Waals surface area contributed by atoms with Crippen LogP contribution in [0.15, 0.2) is 35.1 Å². The van der Waals surface area contributed by atoms with Crippen molar-refractivity contribution >= 4 is 5.97 Å². The summed E-state index contributed by atoms with van der Waals surface area (Å²) >= 11 is 0. The van der Waals surface area contributed by atoms with E-state index in [9.17, 15) is 4.79 Å². The van der Waals surface area contributed by atoms with Gasteiger partial charge < -0.3 is 18.9 Å². The van der Waals surface area contributed by atoms with Gasteiger partial charge in [-0.1, -0.05) is 38.9 Å². The third-order valence-corrected chi connectivity index (χ3v) is 6.02. The van der Waals surface area contributed by atoms with E-state index in [2.05, 4.69) is 23.9 Å². The molecule has 0 N–H and O–H groups in total. The van der Waals surface area contributed by atoms with Gasteiger partial charge in [0.2, 0.25) is 0 Å². The number of methoxy groups -OCH3 is 2. The highest BCUT2D eigenvalue weighted by molar-refractivity contribution is 5.78. The molecule has 182 valence electrons. The number of nitrogens with zero attached hydrogens (tertiary/aromatic N) is 3. The molecule has 1 aromatic carbocycles. The Morgan fingerprint density at radius 1 is 1.15 bits per heavy atom. The van der Waals surface area contributed by atoms with Crippen LogP contribution in [0.2, 0.25) is 0 Å². The van der Waals surface area contributed by atoms with Crippen LogP contribution in [0.1, 0.15) is 46.1 Å². The molecular formula is C25H37N3O5. The van der Waals surface area contributed by atoms with Gasteiger partial charge in [-0.15, -0.1) is 0 Å². The Kier molecular flexibility index (Phi) is 10.6. The van der Waals surface area contributed by atoms with E-state index in [1.165, 1.54) is 0 Å². The second-order valence-corrected chi connectivity index (χ2v) is 9.10. The number of rotatable bonds is 14. The second-order valence-electron chi connectivity index (χ2n) is 9.10. The molecule has 0 saturated carbocycles. The predicted molar refractivity (Wildman–Crippen MR) is 127 cm³/mol. The highest BCUT2D eigenvalue weighted by Crippen LogP contribution is 2.34. The van der Waals surface area contributed by atoms with E-state index in [-0.39, 0.29) is 23.7 Å². The van der Waals surface area contributed by atoms with Gasteiger partial charge in [-0.3, -0.25) is 4.79 Å². The fourth-order valence-electron chi connectivity index (χ4n) is 3.92. The molecule has 0 amide bonds. The van der Waals surface area contributed by atoms with Crippen LogP contribution in [0.25, 0.3) is 10.4 Å². The van der Waals surface area contributed by atoms with Gasteiger partial charge in [-0.05, 0) is 59.9 Å². The minimum atomic E-state index is -0.516. The number of hydrogen-bond acceptors (Lipinski definition) is 6. The lowest BCUT2D eigenvalue weighted by Gasteiger charge is -2.25. The maximum atomic E-state index is 12.2. The second kappa shape index (κ2) is 13.1. The minimum Gasteiger partial charge on any atom is -0.493 e. The van der Waals surface area contributed by atoms with Crippen molar-refractivity contribution in [3.63, 3.8) is 0 Å². The van der Waals surface area contributed by atoms with Crippen molar-refractivity contribution in [1.29, 1.82) is 0 Å². The first-order chi connectivity index (χ1) is 15.8. The topological polar surface area (TPSA) is 103 Å². The fourth-order valence-corrected chi connectivity index (χ4v) is 3.92. The van der Waals surface area contributed by atoms with E-state index in [0.29, 0.717) is 42.8 Å². The number of hydrogen-bond donors (Lipinski definition) is 0. The summed E-state index contributed by atoms with van der Waals surface area (Å²) in [5.41, 5.74) is 10.3. The van der Waals surface area contributed by atoms with Crippen LogP contribution >= 0.6 is 0 Å². The van der Waals surface area contributed by atoms with Crippen molar-refractivity contribution in [2.75, 3.05) is 27.4 Å². The Balaban J connectivity index is 2.18. The first-order valence-electron chi connectivity index (χ1n) is 11.6. The average Bonchev–Trinajstić information content (AvgIpc) is 3.17. The molecule has 1 heterocycles. The van der Waals surface area contributed by atoms with Gasteiger partial charge in [0.25, 0.3) is 0 Å². The van der Waals surface area contributed by atoms with E-state index in [1.54, 1.807) is 14.2 Å². The van der Waals surface area contributed by atoms with Crippen molar-refractivity contribution in [2.24, 2.45) is 28.8 Å². The van der Waals surface area contributed by atoms with Crippen LogP contribution in [0.4, 0.5) is 0 Å². The quantitative estimate of drug-likeness (QED) is 0.117. The van der Waals surface area contributed by atoms with Gasteiger partial charge >= 0.3 is 5.97 Å². The molecule has 0 spiro atoms. The maximum absolute atomic E-state index is 12.2. The van der Waals surface area contributed by atoms with Gasteiger partial charge in [-0.25, -0.2) is 0 Å². The molecule has 0 fully saturated rings. The summed E-state index contributed by atoms with van der Waals surface area (Å²) in [6.07, 6.45) is 3.96.